The minimum absolute atomic E-state index is 0.184. The lowest BCUT2D eigenvalue weighted by atomic mass is 10.1. The Morgan fingerprint density at radius 2 is 2.33 bits per heavy atom. The number of fused-ring (bicyclic) bond motifs is 1. The first-order chi connectivity index (χ1) is 10.3. The first kappa shape index (κ1) is 14.5. The third-order valence-corrected chi connectivity index (χ3v) is 4.76. The molecule has 0 aliphatic carbocycles. The maximum absolute atomic E-state index is 10.5. The van der Waals surface area contributed by atoms with Crippen molar-refractivity contribution >= 4 is 11.8 Å². The Bertz CT molecular complexity index is 599. The summed E-state index contributed by atoms with van der Waals surface area (Å²) in [6.45, 7) is 3.07. The number of ether oxygens (including phenoxy) is 1. The molecular weight excluding hydrogens is 284 g/mol. The lowest BCUT2D eigenvalue weighted by Gasteiger charge is -2.29. The molecule has 2 heterocycles. The highest BCUT2D eigenvalue weighted by molar-refractivity contribution is 7.99. The van der Waals surface area contributed by atoms with Crippen LogP contribution in [0.15, 0.2) is 41.6 Å². The fourth-order valence-electron chi connectivity index (χ4n) is 2.52. The zero-order valence-corrected chi connectivity index (χ0v) is 12.9. The molecule has 2 aromatic rings. The molecule has 1 aromatic heterocycles. The van der Waals surface area contributed by atoms with Crippen molar-refractivity contribution < 1.29 is 9.84 Å². The van der Waals surface area contributed by atoms with Gasteiger partial charge >= 0.3 is 0 Å². The number of imidazole rings is 1. The van der Waals surface area contributed by atoms with Gasteiger partial charge in [0.2, 0.25) is 0 Å². The quantitative estimate of drug-likeness (QED) is 0.922. The average Bonchev–Trinajstić information content (AvgIpc) is 2.94. The Morgan fingerprint density at radius 1 is 1.48 bits per heavy atom. The van der Waals surface area contributed by atoms with Crippen LogP contribution < -0.4 is 4.74 Å². The Kier molecular flexibility index (Phi) is 4.51. The molecule has 112 valence electrons. The van der Waals surface area contributed by atoms with Gasteiger partial charge in [-0.25, -0.2) is 4.98 Å². The number of aliphatic hydroxyl groups is 1. The van der Waals surface area contributed by atoms with Crippen LogP contribution in [-0.4, -0.2) is 32.6 Å². The van der Waals surface area contributed by atoms with E-state index in [-0.39, 0.29) is 6.10 Å². The minimum atomic E-state index is -0.538. The number of hydrogen-bond donors (Lipinski definition) is 1. The average molecular weight is 304 g/mol. The smallest absolute Gasteiger partial charge is 0.134 e. The van der Waals surface area contributed by atoms with Gasteiger partial charge in [0.25, 0.3) is 0 Å². The summed E-state index contributed by atoms with van der Waals surface area (Å²) < 4.78 is 8.04. The second-order valence-electron chi connectivity index (χ2n) is 5.22. The summed E-state index contributed by atoms with van der Waals surface area (Å²) in [5, 5.41) is 10.5. The molecular formula is C16H20N2O2S. The van der Waals surface area contributed by atoms with Gasteiger partial charge in [-0.3, -0.25) is 0 Å². The Hall–Kier alpha value is -1.46. The van der Waals surface area contributed by atoms with Crippen LogP contribution in [0.2, 0.25) is 0 Å². The van der Waals surface area contributed by atoms with Gasteiger partial charge in [-0.15, -0.1) is 11.8 Å². The molecule has 1 N–H and O–H groups in total. The van der Waals surface area contributed by atoms with Crippen molar-refractivity contribution in [2.45, 2.75) is 43.4 Å². The molecule has 0 saturated carbocycles. The highest BCUT2D eigenvalue weighted by atomic mass is 32.2. The third kappa shape index (κ3) is 3.24. The van der Waals surface area contributed by atoms with Crippen LogP contribution in [-0.2, 0) is 13.0 Å². The number of thioether (sulfide) groups is 1. The summed E-state index contributed by atoms with van der Waals surface area (Å²) in [6.07, 6.45) is 4.63. The van der Waals surface area contributed by atoms with E-state index in [1.54, 1.807) is 18.0 Å². The van der Waals surface area contributed by atoms with Gasteiger partial charge in [0.1, 0.15) is 17.7 Å². The molecule has 3 rings (SSSR count). The van der Waals surface area contributed by atoms with Gasteiger partial charge in [0, 0.05) is 36.0 Å². The number of rotatable bonds is 5. The van der Waals surface area contributed by atoms with Crippen molar-refractivity contribution in [3.63, 3.8) is 0 Å². The molecule has 21 heavy (non-hydrogen) atoms. The van der Waals surface area contributed by atoms with Gasteiger partial charge in [0.05, 0.1) is 6.10 Å². The summed E-state index contributed by atoms with van der Waals surface area (Å²) in [7, 11) is 0. The zero-order valence-electron chi connectivity index (χ0n) is 12.1. The number of nitrogens with zero attached hydrogens (tertiary/aromatic N) is 2. The molecule has 0 bridgehead atoms. The van der Waals surface area contributed by atoms with E-state index in [4.69, 9.17) is 4.74 Å². The van der Waals surface area contributed by atoms with Crippen LogP contribution in [0.4, 0.5) is 0 Å². The lowest BCUT2D eigenvalue weighted by Crippen LogP contribution is -2.38. The van der Waals surface area contributed by atoms with Crippen LogP contribution in [0, 0.1) is 0 Å². The summed E-state index contributed by atoms with van der Waals surface area (Å²) in [5.74, 6) is 2.57. The van der Waals surface area contributed by atoms with E-state index in [9.17, 15) is 5.11 Å². The zero-order chi connectivity index (χ0) is 14.7. The molecule has 2 unspecified atom stereocenters. The molecule has 2 atom stereocenters. The van der Waals surface area contributed by atoms with Crippen molar-refractivity contribution in [3.8, 4) is 5.75 Å². The van der Waals surface area contributed by atoms with Gasteiger partial charge in [-0.05, 0) is 18.6 Å². The molecule has 4 nitrogen and oxygen atoms in total. The summed E-state index contributed by atoms with van der Waals surface area (Å²) in [5.41, 5.74) is 0. The monoisotopic (exact) mass is 304 g/mol. The third-order valence-electron chi connectivity index (χ3n) is 3.62. The molecule has 5 heteroatoms. The number of hydrogen-bond acceptors (Lipinski definition) is 4. The molecule has 0 spiro atoms. The topological polar surface area (TPSA) is 47.3 Å². The predicted octanol–water partition coefficient (Wildman–Crippen LogP) is 2.75. The summed E-state index contributed by atoms with van der Waals surface area (Å²) in [4.78, 5) is 5.50. The Labute approximate surface area is 129 Å². The van der Waals surface area contributed by atoms with Crippen molar-refractivity contribution in [3.05, 3.63) is 42.5 Å². The lowest BCUT2D eigenvalue weighted by molar-refractivity contribution is 0.0450. The van der Waals surface area contributed by atoms with Gasteiger partial charge in [-0.1, -0.05) is 19.1 Å². The number of para-hydroxylation sites is 1. The van der Waals surface area contributed by atoms with Crippen molar-refractivity contribution in [2.75, 3.05) is 5.75 Å². The van der Waals surface area contributed by atoms with E-state index < -0.39 is 6.10 Å². The molecule has 1 aliphatic heterocycles. The summed E-state index contributed by atoms with van der Waals surface area (Å²) in [6, 6.07) is 7.98. The molecule has 1 aromatic carbocycles. The summed E-state index contributed by atoms with van der Waals surface area (Å²) >= 11 is 1.74. The minimum Gasteiger partial charge on any atom is -0.486 e. The van der Waals surface area contributed by atoms with E-state index in [2.05, 4.69) is 22.5 Å². The molecule has 0 amide bonds. The number of aryl methyl sites for hydroxylation is 1. The number of aliphatic hydroxyl groups excluding tert-OH is 1. The first-order valence-corrected chi connectivity index (χ1v) is 8.33. The van der Waals surface area contributed by atoms with E-state index in [0.29, 0.717) is 6.42 Å². The van der Waals surface area contributed by atoms with Gasteiger partial charge in [-0.2, -0.15) is 0 Å². The van der Waals surface area contributed by atoms with E-state index >= 15 is 0 Å². The molecule has 0 fully saturated rings. The van der Waals surface area contributed by atoms with Gasteiger partial charge < -0.3 is 14.4 Å². The van der Waals surface area contributed by atoms with Crippen LogP contribution in [0.3, 0.4) is 0 Å². The highest BCUT2D eigenvalue weighted by Gasteiger charge is 2.27. The first-order valence-electron chi connectivity index (χ1n) is 7.34. The molecule has 1 aliphatic rings. The highest BCUT2D eigenvalue weighted by Crippen LogP contribution is 2.35. The maximum atomic E-state index is 10.5. The van der Waals surface area contributed by atoms with Crippen LogP contribution in [0.25, 0.3) is 0 Å². The molecule has 0 radical (unpaired) electrons. The van der Waals surface area contributed by atoms with Gasteiger partial charge in [0.15, 0.2) is 0 Å². The molecule has 0 saturated heterocycles. The van der Waals surface area contributed by atoms with Crippen molar-refractivity contribution in [1.82, 2.24) is 9.55 Å². The van der Waals surface area contributed by atoms with Crippen LogP contribution in [0.5, 0.6) is 5.75 Å². The Morgan fingerprint density at radius 3 is 3.19 bits per heavy atom. The fourth-order valence-corrected chi connectivity index (χ4v) is 3.59. The van der Waals surface area contributed by atoms with Crippen molar-refractivity contribution in [1.29, 1.82) is 0 Å². The predicted molar refractivity (Wildman–Crippen MR) is 83.8 cm³/mol. The van der Waals surface area contributed by atoms with E-state index in [1.165, 1.54) is 0 Å². The van der Waals surface area contributed by atoms with Crippen LogP contribution in [0.1, 0.15) is 19.2 Å². The SMILES string of the molecule is CCCn1ccnc1CC(O)C1CSc2ccccc2O1. The second kappa shape index (κ2) is 6.54. The fraction of sp³-hybridized carbons (Fsp3) is 0.438. The maximum Gasteiger partial charge on any atom is 0.134 e. The normalized spacial score (nSPS) is 18.9. The Balaban J connectivity index is 1.66. The number of benzene rings is 1. The number of aromatic nitrogens is 2. The largest absolute Gasteiger partial charge is 0.486 e. The van der Waals surface area contributed by atoms with E-state index in [0.717, 1.165) is 35.2 Å². The van der Waals surface area contributed by atoms with Crippen molar-refractivity contribution in [2.24, 2.45) is 0 Å². The second-order valence-corrected chi connectivity index (χ2v) is 6.28. The van der Waals surface area contributed by atoms with Crippen LogP contribution >= 0.6 is 11.8 Å². The standard InChI is InChI=1S/C16H20N2O2S/c1-2-8-18-9-7-17-16(18)10-12(19)14-11-21-15-6-4-3-5-13(15)20-14/h3-7,9,12,14,19H,2,8,10-11H2,1H3. The van der Waals surface area contributed by atoms with E-state index in [1.807, 2.05) is 24.4 Å².